The van der Waals surface area contributed by atoms with Gasteiger partial charge in [-0.05, 0) is 51.0 Å². The van der Waals surface area contributed by atoms with Crippen molar-refractivity contribution in [2.24, 2.45) is 0 Å². The van der Waals surface area contributed by atoms with Gasteiger partial charge in [0.25, 0.3) is 0 Å². The molecular formula is C16H24N2O. The van der Waals surface area contributed by atoms with E-state index in [4.69, 9.17) is 4.74 Å². The first kappa shape index (κ1) is 12.8. The van der Waals surface area contributed by atoms with E-state index in [-0.39, 0.29) is 0 Å². The van der Waals surface area contributed by atoms with Gasteiger partial charge in [-0.3, -0.25) is 0 Å². The number of morpholine rings is 1. The summed E-state index contributed by atoms with van der Waals surface area (Å²) in [5.74, 6) is 0. The van der Waals surface area contributed by atoms with Crippen molar-refractivity contribution in [2.75, 3.05) is 36.0 Å². The van der Waals surface area contributed by atoms with Crippen LogP contribution < -0.4 is 9.80 Å². The van der Waals surface area contributed by atoms with Crippen LogP contribution in [0.25, 0.3) is 0 Å². The van der Waals surface area contributed by atoms with E-state index in [0.29, 0.717) is 12.2 Å². The molecule has 2 heterocycles. The van der Waals surface area contributed by atoms with Crippen molar-refractivity contribution >= 4 is 11.4 Å². The highest BCUT2D eigenvalue weighted by Gasteiger charge is 2.22. The highest BCUT2D eigenvalue weighted by atomic mass is 16.5. The van der Waals surface area contributed by atoms with Gasteiger partial charge >= 0.3 is 0 Å². The lowest BCUT2D eigenvalue weighted by atomic mass is 10.2. The molecule has 0 spiro atoms. The number of nitrogens with zero attached hydrogens (tertiary/aromatic N) is 2. The molecule has 104 valence electrons. The minimum Gasteiger partial charge on any atom is -0.372 e. The van der Waals surface area contributed by atoms with Crippen LogP contribution >= 0.6 is 0 Å². The average molecular weight is 260 g/mol. The Kier molecular flexibility index (Phi) is 3.65. The quantitative estimate of drug-likeness (QED) is 0.813. The van der Waals surface area contributed by atoms with Crippen LogP contribution in [0.3, 0.4) is 0 Å². The number of hydrogen-bond donors (Lipinski definition) is 0. The average Bonchev–Trinajstić information content (AvgIpc) is 2.91. The van der Waals surface area contributed by atoms with E-state index in [1.165, 1.54) is 37.3 Å². The van der Waals surface area contributed by atoms with E-state index in [1.807, 2.05) is 0 Å². The lowest BCUT2D eigenvalue weighted by Gasteiger charge is -2.37. The Morgan fingerprint density at radius 3 is 1.84 bits per heavy atom. The highest BCUT2D eigenvalue weighted by Crippen LogP contribution is 2.25. The lowest BCUT2D eigenvalue weighted by Crippen LogP contribution is -2.45. The normalized spacial score (nSPS) is 27.9. The summed E-state index contributed by atoms with van der Waals surface area (Å²) < 4.78 is 5.79. The Balaban J connectivity index is 1.71. The number of benzene rings is 1. The maximum Gasteiger partial charge on any atom is 0.0726 e. The van der Waals surface area contributed by atoms with E-state index in [0.717, 1.165) is 13.1 Å². The molecule has 2 fully saturated rings. The van der Waals surface area contributed by atoms with Crippen LogP contribution in [0.1, 0.15) is 26.7 Å². The fourth-order valence-corrected chi connectivity index (χ4v) is 3.24. The molecule has 3 nitrogen and oxygen atoms in total. The van der Waals surface area contributed by atoms with Gasteiger partial charge in [0.05, 0.1) is 12.2 Å². The molecule has 19 heavy (non-hydrogen) atoms. The van der Waals surface area contributed by atoms with Crippen LogP contribution in [0.15, 0.2) is 24.3 Å². The van der Waals surface area contributed by atoms with Gasteiger partial charge in [-0.15, -0.1) is 0 Å². The van der Waals surface area contributed by atoms with Gasteiger partial charge in [-0.2, -0.15) is 0 Å². The largest absolute Gasteiger partial charge is 0.372 e. The summed E-state index contributed by atoms with van der Waals surface area (Å²) in [4.78, 5) is 4.92. The van der Waals surface area contributed by atoms with Crippen LogP contribution in [-0.4, -0.2) is 38.4 Å². The second-order valence-corrected chi connectivity index (χ2v) is 5.87. The third kappa shape index (κ3) is 2.86. The summed E-state index contributed by atoms with van der Waals surface area (Å²) in [5.41, 5.74) is 2.69. The molecule has 0 amide bonds. The van der Waals surface area contributed by atoms with Gasteiger partial charge in [-0.25, -0.2) is 0 Å². The first-order valence-electron chi connectivity index (χ1n) is 7.48. The maximum absolute atomic E-state index is 5.79. The summed E-state index contributed by atoms with van der Waals surface area (Å²) in [7, 11) is 0. The van der Waals surface area contributed by atoms with Gasteiger partial charge in [-0.1, -0.05) is 0 Å². The molecule has 1 aromatic rings. The minimum absolute atomic E-state index is 0.321. The van der Waals surface area contributed by atoms with Gasteiger partial charge < -0.3 is 14.5 Å². The Morgan fingerprint density at radius 1 is 0.842 bits per heavy atom. The SMILES string of the molecule is CC1CN(c2ccc(N3CCCC3)cc2)CC(C)O1. The predicted molar refractivity (Wildman–Crippen MR) is 80.1 cm³/mol. The van der Waals surface area contributed by atoms with Crippen LogP contribution in [0.5, 0.6) is 0 Å². The van der Waals surface area contributed by atoms with Crippen molar-refractivity contribution in [2.45, 2.75) is 38.9 Å². The number of ether oxygens (including phenoxy) is 1. The van der Waals surface area contributed by atoms with E-state index < -0.39 is 0 Å². The monoisotopic (exact) mass is 260 g/mol. The summed E-state index contributed by atoms with van der Waals surface area (Å²) in [6.45, 7) is 8.72. The fraction of sp³-hybridized carbons (Fsp3) is 0.625. The van der Waals surface area contributed by atoms with Gasteiger partial charge in [0, 0.05) is 37.6 Å². The molecular weight excluding hydrogens is 236 g/mol. The molecule has 3 rings (SSSR count). The fourth-order valence-electron chi connectivity index (χ4n) is 3.24. The highest BCUT2D eigenvalue weighted by molar-refractivity contribution is 5.57. The summed E-state index contributed by atoms with van der Waals surface area (Å²) in [6.07, 6.45) is 3.31. The summed E-state index contributed by atoms with van der Waals surface area (Å²) in [6, 6.07) is 9.06. The van der Waals surface area contributed by atoms with Crippen molar-refractivity contribution in [1.29, 1.82) is 0 Å². The van der Waals surface area contributed by atoms with Crippen molar-refractivity contribution in [3.05, 3.63) is 24.3 Å². The van der Waals surface area contributed by atoms with Crippen molar-refractivity contribution in [3.63, 3.8) is 0 Å². The standard InChI is InChI=1S/C16H24N2O/c1-13-11-18(12-14(2)19-13)16-7-5-15(6-8-16)17-9-3-4-10-17/h5-8,13-14H,3-4,9-12H2,1-2H3. The topological polar surface area (TPSA) is 15.7 Å². The molecule has 2 aliphatic heterocycles. The third-order valence-electron chi connectivity index (χ3n) is 4.11. The molecule has 2 atom stereocenters. The third-order valence-corrected chi connectivity index (χ3v) is 4.11. The van der Waals surface area contributed by atoms with Crippen LogP contribution in [0.4, 0.5) is 11.4 Å². The molecule has 0 aromatic heterocycles. The smallest absolute Gasteiger partial charge is 0.0726 e. The molecule has 0 radical (unpaired) electrons. The summed E-state index contributed by atoms with van der Waals surface area (Å²) >= 11 is 0. The molecule has 0 bridgehead atoms. The van der Waals surface area contributed by atoms with Crippen LogP contribution in [0.2, 0.25) is 0 Å². The zero-order valence-corrected chi connectivity index (χ0v) is 12.0. The molecule has 0 saturated carbocycles. The molecule has 2 unspecified atom stereocenters. The van der Waals surface area contributed by atoms with E-state index in [9.17, 15) is 0 Å². The molecule has 2 aliphatic rings. The molecule has 2 saturated heterocycles. The van der Waals surface area contributed by atoms with Crippen molar-refractivity contribution in [1.82, 2.24) is 0 Å². The lowest BCUT2D eigenvalue weighted by molar-refractivity contribution is -0.00521. The number of anilines is 2. The Hall–Kier alpha value is -1.22. The van der Waals surface area contributed by atoms with E-state index >= 15 is 0 Å². The van der Waals surface area contributed by atoms with Crippen LogP contribution in [0, 0.1) is 0 Å². The van der Waals surface area contributed by atoms with Crippen LogP contribution in [-0.2, 0) is 4.74 Å². The van der Waals surface area contributed by atoms with Gasteiger partial charge in [0.1, 0.15) is 0 Å². The number of rotatable bonds is 2. The Morgan fingerprint density at radius 2 is 1.32 bits per heavy atom. The Labute approximate surface area is 116 Å². The zero-order valence-electron chi connectivity index (χ0n) is 12.0. The first-order chi connectivity index (χ1) is 9.22. The number of hydrogen-bond acceptors (Lipinski definition) is 3. The van der Waals surface area contributed by atoms with E-state index in [2.05, 4.69) is 47.9 Å². The minimum atomic E-state index is 0.321. The zero-order chi connectivity index (χ0) is 13.2. The molecule has 3 heteroatoms. The second kappa shape index (κ2) is 5.41. The first-order valence-corrected chi connectivity index (χ1v) is 7.48. The maximum atomic E-state index is 5.79. The van der Waals surface area contributed by atoms with Gasteiger partial charge in [0.2, 0.25) is 0 Å². The summed E-state index contributed by atoms with van der Waals surface area (Å²) in [5, 5.41) is 0. The van der Waals surface area contributed by atoms with Crippen molar-refractivity contribution in [3.8, 4) is 0 Å². The predicted octanol–water partition coefficient (Wildman–Crippen LogP) is 2.90. The Bertz CT molecular complexity index is 401. The van der Waals surface area contributed by atoms with Gasteiger partial charge in [0.15, 0.2) is 0 Å². The molecule has 0 N–H and O–H groups in total. The molecule has 1 aromatic carbocycles. The molecule has 0 aliphatic carbocycles. The second-order valence-electron chi connectivity index (χ2n) is 5.87. The van der Waals surface area contributed by atoms with Crippen molar-refractivity contribution < 1.29 is 4.74 Å². The van der Waals surface area contributed by atoms with E-state index in [1.54, 1.807) is 0 Å².